The molecule has 2 fully saturated rings. The normalized spacial score (nSPS) is 22.1. The van der Waals surface area contributed by atoms with Gasteiger partial charge < -0.3 is 26.0 Å². The Labute approximate surface area is 230 Å². The molecule has 4 rings (SSSR count). The molecule has 0 bridgehead atoms. The fourth-order valence-corrected chi connectivity index (χ4v) is 5.23. The number of hydrogen-bond donors (Lipinski definition) is 3. The van der Waals surface area contributed by atoms with Crippen molar-refractivity contribution in [2.45, 2.75) is 56.7 Å². The number of carbonyl (C=O) groups is 2. The van der Waals surface area contributed by atoms with E-state index in [0.717, 1.165) is 0 Å². The van der Waals surface area contributed by atoms with Gasteiger partial charge in [0.05, 0.1) is 17.2 Å². The van der Waals surface area contributed by atoms with Gasteiger partial charge in [-0.3, -0.25) is 9.69 Å². The summed E-state index contributed by atoms with van der Waals surface area (Å²) in [6, 6.07) is 5.05. The largest absolute Gasteiger partial charge is 0.416 e. The molecule has 224 valence electrons. The third-order valence-corrected chi connectivity index (χ3v) is 7.10. The Hall–Kier alpha value is -3.43. The third kappa shape index (κ3) is 6.90. The maximum absolute atomic E-state index is 13.8. The van der Waals surface area contributed by atoms with Crippen LogP contribution in [0.2, 0.25) is 0 Å². The van der Waals surface area contributed by atoms with Gasteiger partial charge in [-0.25, -0.2) is 9.18 Å². The standard InChI is InChI=1S/C26H28F7N5O3/c27-19-3-1-2-15(10-19)13-36-14-21-37(7-5-22(39)38(21)20(4-6-34)23(36)40)24(41)35-12-16-8-17(25(28,29)30)11-18(9-16)26(31,32)33/h1-3,8-11,20-21,23,40H,4-7,12-14,34H2,(H,35,41)/t20-,21+,23?/m0/s1. The van der Waals surface area contributed by atoms with E-state index in [4.69, 9.17) is 5.73 Å². The summed E-state index contributed by atoms with van der Waals surface area (Å²) in [5.74, 6) is -0.846. The second-order valence-electron chi connectivity index (χ2n) is 9.92. The summed E-state index contributed by atoms with van der Waals surface area (Å²) < 4.78 is 93.2. The summed E-state index contributed by atoms with van der Waals surface area (Å²) in [5, 5.41) is 13.5. The minimum Gasteiger partial charge on any atom is -0.376 e. The van der Waals surface area contributed by atoms with Crippen molar-refractivity contribution in [2.75, 3.05) is 19.6 Å². The number of nitrogens with one attached hydrogen (secondary N) is 1. The Bertz CT molecular complexity index is 1240. The molecule has 8 nitrogen and oxygen atoms in total. The van der Waals surface area contributed by atoms with Gasteiger partial charge in [0.25, 0.3) is 0 Å². The SMILES string of the molecule is NCC[C@H]1C(O)N(Cc2cccc(F)c2)C[C@@H]2N(C(=O)NCc3cc(C(F)(F)F)cc(C(F)(F)F)c3)CCC(=O)N21. The summed E-state index contributed by atoms with van der Waals surface area (Å²) >= 11 is 0. The topological polar surface area (TPSA) is 102 Å². The molecule has 2 heterocycles. The van der Waals surface area contributed by atoms with Gasteiger partial charge in [0.15, 0.2) is 0 Å². The summed E-state index contributed by atoms with van der Waals surface area (Å²) in [6.07, 6.45) is -12.2. The van der Waals surface area contributed by atoms with E-state index in [1.165, 1.54) is 28.0 Å². The molecular weight excluding hydrogens is 563 g/mol. The van der Waals surface area contributed by atoms with E-state index in [2.05, 4.69) is 5.32 Å². The predicted molar refractivity (Wildman–Crippen MR) is 131 cm³/mol. The van der Waals surface area contributed by atoms with Crippen molar-refractivity contribution in [2.24, 2.45) is 5.73 Å². The number of fused-ring (bicyclic) bond motifs is 1. The molecule has 0 radical (unpaired) electrons. The van der Waals surface area contributed by atoms with Gasteiger partial charge in [0, 0.05) is 32.6 Å². The molecule has 2 saturated heterocycles. The number of aliphatic hydroxyl groups excluding tert-OH is 1. The first-order valence-corrected chi connectivity index (χ1v) is 12.7. The number of hydrogen-bond acceptors (Lipinski definition) is 5. The number of aliphatic hydroxyl groups is 1. The van der Waals surface area contributed by atoms with E-state index < -0.39 is 65.9 Å². The lowest BCUT2D eigenvalue weighted by molar-refractivity contribution is -0.181. The van der Waals surface area contributed by atoms with Gasteiger partial charge in [0.2, 0.25) is 5.91 Å². The molecular formula is C26H28F7N5O3. The van der Waals surface area contributed by atoms with E-state index in [0.29, 0.717) is 17.7 Å². The van der Waals surface area contributed by atoms with Crippen LogP contribution in [-0.2, 0) is 30.2 Å². The predicted octanol–water partition coefficient (Wildman–Crippen LogP) is 3.48. The van der Waals surface area contributed by atoms with Crippen molar-refractivity contribution in [1.82, 2.24) is 20.0 Å². The zero-order valence-electron chi connectivity index (χ0n) is 21.6. The highest BCUT2D eigenvalue weighted by atomic mass is 19.4. The number of alkyl halides is 6. The Morgan fingerprint density at radius 2 is 1.68 bits per heavy atom. The van der Waals surface area contributed by atoms with Crippen LogP contribution in [0, 0.1) is 5.82 Å². The quantitative estimate of drug-likeness (QED) is 0.447. The molecule has 4 N–H and O–H groups in total. The van der Waals surface area contributed by atoms with Crippen LogP contribution in [0.15, 0.2) is 42.5 Å². The molecule has 0 spiro atoms. The van der Waals surface area contributed by atoms with E-state index in [-0.39, 0.29) is 51.0 Å². The molecule has 1 unspecified atom stereocenters. The number of halogens is 7. The highest BCUT2D eigenvalue weighted by Crippen LogP contribution is 2.36. The fourth-order valence-electron chi connectivity index (χ4n) is 5.23. The van der Waals surface area contributed by atoms with Crippen molar-refractivity contribution in [3.63, 3.8) is 0 Å². The number of carbonyl (C=O) groups excluding carboxylic acids is 2. The van der Waals surface area contributed by atoms with Crippen LogP contribution < -0.4 is 11.1 Å². The molecule has 2 aromatic carbocycles. The van der Waals surface area contributed by atoms with Crippen molar-refractivity contribution >= 4 is 11.9 Å². The minimum atomic E-state index is -5.04. The molecule has 3 amide bonds. The van der Waals surface area contributed by atoms with Gasteiger partial charge >= 0.3 is 18.4 Å². The van der Waals surface area contributed by atoms with Crippen LogP contribution in [0.1, 0.15) is 35.1 Å². The average Bonchev–Trinajstić information content (AvgIpc) is 2.88. The summed E-state index contributed by atoms with van der Waals surface area (Å²) in [7, 11) is 0. The maximum atomic E-state index is 13.8. The Morgan fingerprint density at radius 1 is 1.02 bits per heavy atom. The highest BCUT2D eigenvalue weighted by molar-refractivity contribution is 5.82. The lowest BCUT2D eigenvalue weighted by atomic mass is 9.99. The van der Waals surface area contributed by atoms with Crippen molar-refractivity contribution in [3.8, 4) is 0 Å². The first-order valence-electron chi connectivity index (χ1n) is 12.7. The third-order valence-electron chi connectivity index (χ3n) is 7.10. The van der Waals surface area contributed by atoms with Crippen LogP contribution in [0.3, 0.4) is 0 Å². The number of urea groups is 1. The fraction of sp³-hybridized carbons (Fsp3) is 0.462. The number of benzene rings is 2. The summed E-state index contributed by atoms with van der Waals surface area (Å²) in [5.41, 5.74) is 2.81. The zero-order valence-corrected chi connectivity index (χ0v) is 21.6. The van der Waals surface area contributed by atoms with Crippen molar-refractivity contribution < 1.29 is 45.4 Å². The molecule has 15 heteroatoms. The molecule has 3 atom stereocenters. The Morgan fingerprint density at radius 3 is 2.27 bits per heavy atom. The van der Waals surface area contributed by atoms with E-state index in [1.807, 2.05) is 0 Å². The first-order chi connectivity index (χ1) is 19.2. The van der Waals surface area contributed by atoms with Gasteiger partial charge in [-0.05, 0) is 54.4 Å². The number of rotatable bonds is 6. The van der Waals surface area contributed by atoms with E-state index >= 15 is 0 Å². The number of nitrogens with two attached hydrogens (primary N) is 1. The van der Waals surface area contributed by atoms with E-state index in [9.17, 15) is 45.4 Å². The Balaban J connectivity index is 1.57. The van der Waals surface area contributed by atoms with Crippen molar-refractivity contribution in [1.29, 1.82) is 0 Å². The van der Waals surface area contributed by atoms with Gasteiger partial charge in [0.1, 0.15) is 18.2 Å². The number of amides is 3. The van der Waals surface area contributed by atoms with Crippen LogP contribution in [0.25, 0.3) is 0 Å². The molecule has 0 aromatic heterocycles. The monoisotopic (exact) mass is 591 g/mol. The smallest absolute Gasteiger partial charge is 0.376 e. The highest BCUT2D eigenvalue weighted by Gasteiger charge is 2.48. The van der Waals surface area contributed by atoms with Gasteiger partial charge in [-0.2, -0.15) is 26.3 Å². The van der Waals surface area contributed by atoms with Crippen molar-refractivity contribution in [3.05, 3.63) is 70.5 Å². The van der Waals surface area contributed by atoms with Gasteiger partial charge in [-0.15, -0.1) is 0 Å². The number of piperazine rings is 1. The second kappa shape index (κ2) is 11.8. The lowest BCUT2D eigenvalue weighted by Crippen LogP contribution is -2.73. The van der Waals surface area contributed by atoms with Crippen LogP contribution in [0.4, 0.5) is 35.5 Å². The van der Waals surface area contributed by atoms with Crippen LogP contribution in [-0.4, -0.2) is 69.8 Å². The number of nitrogens with zero attached hydrogens (tertiary/aromatic N) is 3. The molecule has 41 heavy (non-hydrogen) atoms. The lowest BCUT2D eigenvalue weighted by Gasteiger charge is -2.54. The van der Waals surface area contributed by atoms with Crippen LogP contribution >= 0.6 is 0 Å². The maximum Gasteiger partial charge on any atom is 0.416 e. The van der Waals surface area contributed by atoms with E-state index in [1.54, 1.807) is 11.0 Å². The first kappa shape index (κ1) is 30.5. The molecule has 2 aromatic rings. The second-order valence-corrected chi connectivity index (χ2v) is 9.92. The van der Waals surface area contributed by atoms with Gasteiger partial charge in [-0.1, -0.05) is 12.1 Å². The Kier molecular flexibility index (Phi) is 8.80. The molecule has 0 aliphatic carbocycles. The summed E-state index contributed by atoms with van der Waals surface area (Å²) in [6.45, 7) is -0.625. The van der Waals surface area contributed by atoms with Crippen LogP contribution in [0.5, 0.6) is 0 Å². The molecule has 2 aliphatic heterocycles. The minimum absolute atomic E-state index is 0.00242. The average molecular weight is 592 g/mol. The molecule has 2 aliphatic rings. The zero-order chi connectivity index (χ0) is 30.1. The molecule has 0 saturated carbocycles. The summed E-state index contributed by atoms with van der Waals surface area (Å²) in [4.78, 5) is 30.3.